The van der Waals surface area contributed by atoms with Gasteiger partial charge in [0.1, 0.15) is 18.3 Å². The quantitative estimate of drug-likeness (QED) is 0.262. The van der Waals surface area contributed by atoms with Crippen molar-refractivity contribution in [1.82, 2.24) is 0 Å². The van der Waals surface area contributed by atoms with E-state index in [0.29, 0.717) is 33.0 Å². The molecule has 1 heterocycles. The van der Waals surface area contributed by atoms with Crippen LogP contribution in [0.5, 0.6) is 0 Å². The second kappa shape index (κ2) is 10.4. The fraction of sp³-hybridized carbons (Fsp3) is 1.00. The summed E-state index contributed by atoms with van der Waals surface area (Å²) in [7, 11) is 0. The standard InChI is InChI=1S/C12H26N2O7/c13-1-2-18-3-4-19-5-6-20-12-9(14)11(17)10(16)8(7-15)21-12/h8-12,15-17H,1-7,13-14H2/t8-,9-,10+,11-,12?/m1/s1. The molecule has 1 aliphatic heterocycles. The predicted octanol–water partition coefficient (Wildman–Crippen LogP) is -3.24. The van der Waals surface area contributed by atoms with Gasteiger partial charge in [-0.25, -0.2) is 0 Å². The Hall–Kier alpha value is -0.360. The fourth-order valence-electron chi connectivity index (χ4n) is 1.88. The van der Waals surface area contributed by atoms with Crippen molar-refractivity contribution in [2.45, 2.75) is 30.6 Å². The zero-order chi connectivity index (χ0) is 15.7. The number of aliphatic hydroxyl groups is 3. The number of hydrogen-bond acceptors (Lipinski definition) is 9. The van der Waals surface area contributed by atoms with Crippen LogP contribution in [-0.4, -0.2) is 92.1 Å². The van der Waals surface area contributed by atoms with E-state index < -0.39 is 37.3 Å². The molecule has 0 amide bonds. The first kappa shape index (κ1) is 18.7. The molecule has 5 atom stereocenters. The monoisotopic (exact) mass is 310 g/mol. The second-order valence-electron chi connectivity index (χ2n) is 4.67. The Bertz CT molecular complexity index is 270. The third-order valence-corrected chi connectivity index (χ3v) is 3.07. The van der Waals surface area contributed by atoms with Crippen LogP contribution in [-0.2, 0) is 18.9 Å². The van der Waals surface area contributed by atoms with Gasteiger partial charge in [0.25, 0.3) is 0 Å². The van der Waals surface area contributed by atoms with Crippen molar-refractivity contribution >= 4 is 0 Å². The van der Waals surface area contributed by atoms with Crippen LogP contribution in [0.4, 0.5) is 0 Å². The average molecular weight is 310 g/mol. The molecule has 0 spiro atoms. The van der Waals surface area contributed by atoms with E-state index in [-0.39, 0.29) is 6.61 Å². The molecular formula is C12H26N2O7. The molecule has 1 unspecified atom stereocenters. The molecule has 1 saturated heterocycles. The van der Waals surface area contributed by atoms with E-state index in [4.69, 9.17) is 35.5 Å². The summed E-state index contributed by atoms with van der Waals surface area (Å²) in [4.78, 5) is 0. The van der Waals surface area contributed by atoms with Crippen LogP contribution < -0.4 is 11.5 Å². The van der Waals surface area contributed by atoms with E-state index in [1.54, 1.807) is 0 Å². The zero-order valence-corrected chi connectivity index (χ0v) is 12.0. The van der Waals surface area contributed by atoms with E-state index in [9.17, 15) is 10.2 Å². The Balaban J connectivity index is 2.16. The normalized spacial score (nSPS) is 33.3. The van der Waals surface area contributed by atoms with Crippen molar-refractivity contribution in [2.75, 3.05) is 46.2 Å². The predicted molar refractivity (Wildman–Crippen MR) is 72.4 cm³/mol. The number of aliphatic hydroxyl groups excluding tert-OH is 3. The van der Waals surface area contributed by atoms with Crippen molar-refractivity contribution in [1.29, 1.82) is 0 Å². The van der Waals surface area contributed by atoms with E-state index in [2.05, 4.69) is 0 Å². The summed E-state index contributed by atoms with van der Waals surface area (Å²) < 4.78 is 21.0. The minimum atomic E-state index is -1.24. The highest BCUT2D eigenvalue weighted by molar-refractivity contribution is 4.91. The van der Waals surface area contributed by atoms with Gasteiger partial charge < -0.3 is 45.7 Å². The lowest BCUT2D eigenvalue weighted by Gasteiger charge is -2.40. The number of rotatable bonds is 10. The van der Waals surface area contributed by atoms with Crippen LogP contribution in [0.15, 0.2) is 0 Å². The first-order valence-corrected chi connectivity index (χ1v) is 6.97. The Morgan fingerprint density at radius 2 is 1.57 bits per heavy atom. The summed E-state index contributed by atoms with van der Waals surface area (Å²) in [6, 6.07) is -0.893. The summed E-state index contributed by atoms with van der Waals surface area (Å²) in [5, 5.41) is 28.4. The van der Waals surface area contributed by atoms with Crippen LogP contribution in [0.25, 0.3) is 0 Å². The number of nitrogens with two attached hydrogens (primary N) is 2. The Kier molecular flexibility index (Phi) is 9.24. The minimum Gasteiger partial charge on any atom is -0.394 e. The molecule has 1 fully saturated rings. The van der Waals surface area contributed by atoms with Crippen LogP contribution in [0.2, 0.25) is 0 Å². The van der Waals surface area contributed by atoms with Gasteiger partial charge in [0.05, 0.1) is 45.7 Å². The van der Waals surface area contributed by atoms with Gasteiger partial charge >= 0.3 is 0 Å². The van der Waals surface area contributed by atoms with Crippen molar-refractivity contribution in [3.8, 4) is 0 Å². The Morgan fingerprint density at radius 1 is 0.952 bits per heavy atom. The van der Waals surface area contributed by atoms with E-state index >= 15 is 0 Å². The van der Waals surface area contributed by atoms with E-state index in [1.807, 2.05) is 0 Å². The van der Waals surface area contributed by atoms with Gasteiger partial charge in [-0.2, -0.15) is 0 Å². The van der Waals surface area contributed by atoms with Gasteiger partial charge in [-0.1, -0.05) is 0 Å². The van der Waals surface area contributed by atoms with Crippen LogP contribution in [0, 0.1) is 0 Å². The smallest absolute Gasteiger partial charge is 0.175 e. The lowest BCUT2D eigenvalue weighted by atomic mass is 9.98. The topological polar surface area (TPSA) is 150 Å². The lowest BCUT2D eigenvalue weighted by Crippen LogP contribution is -2.62. The summed E-state index contributed by atoms with van der Waals surface area (Å²) in [6.07, 6.45) is -4.28. The molecule has 126 valence electrons. The molecule has 0 aliphatic carbocycles. The zero-order valence-electron chi connectivity index (χ0n) is 12.0. The molecule has 0 aromatic rings. The molecular weight excluding hydrogens is 284 g/mol. The summed E-state index contributed by atoms with van der Waals surface area (Å²) in [5.41, 5.74) is 11.0. The van der Waals surface area contributed by atoms with Gasteiger partial charge in [-0.05, 0) is 0 Å². The SMILES string of the molecule is NCCOCCOCCOC1O[C@H](CO)[C@H](O)[C@H](O)[C@H]1N. The second-order valence-corrected chi connectivity index (χ2v) is 4.67. The Morgan fingerprint density at radius 3 is 2.19 bits per heavy atom. The molecule has 9 heteroatoms. The molecule has 0 bridgehead atoms. The van der Waals surface area contributed by atoms with Crippen molar-refractivity contribution in [3.05, 3.63) is 0 Å². The summed E-state index contributed by atoms with van der Waals surface area (Å²) in [6.45, 7) is 1.92. The highest BCUT2D eigenvalue weighted by Gasteiger charge is 2.42. The average Bonchev–Trinajstić information content (AvgIpc) is 2.49. The van der Waals surface area contributed by atoms with E-state index in [0.717, 1.165) is 0 Å². The van der Waals surface area contributed by atoms with Gasteiger partial charge in [0, 0.05) is 6.54 Å². The maximum Gasteiger partial charge on any atom is 0.175 e. The summed E-state index contributed by atoms with van der Waals surface area (Å²) in [5.74, 6) is 0. The number of ether oxygens (including phenoxy) is 4. The van der Waals surface area contributed by atoms with E-state index in [1.165, 1.54) is 0 Å². The molecule has 0 radical (unpaired) electrons. The maximum absolute atomic E-state index is 9.74. The molecule has 21 heavy (non-hydrogen) atoms. The highest BCUT2D eigenvalue weighted by atomic mass is 16.7. The maximum atomic E-state index is 9.74. The van der Waals surface area contributed by atoms with Crippen molar-refractivity contribution in [3.63, 3.8) is 0 Å². The molecule has 1 rings (SSSR count). The largest absolute Gasteiger partial charge is 0.394 e. The Labute approximate surface area is 123 Å². The van der Waals surface area contributed by atoms with Gasteiger partial charge in [-0.15, -0.1) is 0 Å². The third-order valence-electron chi connectivity index (χ3n) is 3.07. The molecule has 7 N–H and O–H groups in total. The van der Waals surface area contributed by atoms with Gasteiger partial charge in [-0.3, -0.25) is 0 Å². The number of hydrogen-bond donors (Lipinski definition) is 5. The van der Waals surface area contributed by atoms with Gasteiger partial charge in [0.2, 0.25) is 0 Å². The first-order valence-electron chi connectivity index (χ1n) is 6.97. The third kappa shape index (κ3) is 6.10. The molecule has 0 aromatic heterocycles. The van der Waals surface area contributed by atoms with Crippen LogP contribution in [0.3, 0.4) is 0 Å². The van der Waals surface area contributed by atoms with Crippen LogP contribution >= 0.6 is 0 Å². The highest BCUT2D eigenvalue weighted by Crippen LogP contribution is 2.20. The van der Waals surface area contributed by atoms with Gasteiger partial charge in [0.15, 0.2) is 6.29 Å². The fourth-order valence-corrected chi connectivity index (χ4v) is 1.88. The van der Waals surface area contributed by atoms with Crippen molar-refractivity contribution < 1.29 is 34.3 Å². The minimum absolute atomic E-state index is 0.205. The van der Waals surface area contributed by atoms with Crippen molar-refractivity contribution in [2.24, 2.45) is 11.5 Å². The first-order chi connectivity index (χ1) is 10.1. The molecule has 9 nitrogen and oxygen atoms in total. The molecule has 0 saturated carbocycles. The molecule has 1 aliphatic rings. The van der Waals surface area contributed by atoms with Crippen LogP contribution in [0.1, 0.15) is 0 Å². The molecule has 0 aromatic carbocycles. The lowest BCUT2D eigenvalue weighted by molar-refractivity contribution is -0.267. The summed E-state index contributed by atoms with van der Waals surface area (Å²) >= 11 is 0.